The maximum absolute atomic E-state index is 12.7. The van der Waals surface area contributed by atoms with Gasteiger partial charge < -0.3 is 10.1 Å². The van der Waals surface area contributed by atoms with Crippen molar-refractivity contribution in [1.29, 1.82) is 0 Å². The molecule has 2 N–H and O–H groups in total. The van der Waals surface area contributed by atoms with E-state index < -0.39 is 17.9 Å². The minimum absolute atomic E-state index is 0.160. The van der Waals surface area contributed by atoms with Gasteiger partial charge in [-0.15, -0.1) is 0 Å². The molecule has 0 fully saturated rings. The maximum Gasteiger partial charge on any atom is 0.262 e. The van der Waals surface area contributed by atoms with E-state index in [-0.39, 0.29) is 16.9 Å². The van der Waals surface area contributed by atoms with Crippen LogP contribution >= 0.6 is 23.2 Å². The van der Waals surface area contributed by atoms with E-state index in [1.165, 1.54) is 12.1 Å². The first-order chi connectivity index (χ1) is 15.0. The summed E-state index contributed by atoms with van der Waals surface area (Å²) in [4.78, 5) is 25.3. The van der Waals surface area contributed by atoms with Gasteiger partial charge in [-0.05, 0) is 65.8 Å². The molecule has 0 heterocycles. The number of methoxy groups -OCH3 is 1. The van der Waals surface area contributed by atoms with Gasteiger partial charge in [0.1, 0.15) is 11.8 Å². The number of rotatable bonds is 8. The number of amides is 2. The Balaban J connectivity index is 2.13. The number of aryl methyl sites for hydroxylation is 1. The molecule has 1 unspecified atom stereocenters. The van der Waals surface area contributed by atoms with E-state index in [2.05, 4.69) is 29.7 Å². The average Bonchev–Trinajstić information content (AvgIpc) is 2.73. The van der Waals surface area contributed by atoms with Gasteiger partial charge in [0, 0.05) is 5.56 Å². The minimum Gasteiger partial charge on any atom is -0.496 e. The third-order valence-electron chi connectivity index (χ3n) is 5.04. The standard InChI is InChI=1S/C24H29Cl2N3O3/c1-13(2)18-10-17(15(5)9-21(18)32-6)12-27-29-24(31)22(14(3)4)28-23(30)16-7-8-19(25)20(26)11-16/h7-14,22H,1-6H3,(H,28,30)(H,29,31)/b27-12-. The van der Waals surface area contributed by atoms with Crippen LogP contribution in [0.5, 0.6) is 5.75 Å². The van der Waals surface area contributed by atoms with Crippen LogP contribution in [0, 0.1) is 12.8 Å². The summed E-state index contributed by atoms with van der Waals surface area (Å²) < 4.78 is 5.46. The largest absolute Gasteiger partial charge is 0.496 e. The van der Waals surface area contributed by atoms with Crippen LogP contribution in [0.3, 0.4) is 0 Å². The molecule has 1 atom stereocenters. The molecule has 6 nitrogen and oxygen atoms in total. The number of hydrazone groups is 1. The van der Waals surface area contributed by atoms with E-state index in [9.17, 15) is 9.59 Å². The van der Waals surface area contributed by atoms with Crippen LogP contribution in [0.4, 0.5) is 0 Å². The minimum atomic E-state index is -0.780. The summed E-state index contributed by atoms with van der Waals surface area (Å²) in [6.45, 7) is 9.79. The third kappa shape index (κ3) is 6.47. The lowest BCUT2D eigenvalue weighted by Crippen LogP contribution is -2.48. The Morgan fingerprint density at radius 2 is 1.75 bits per heavy atom. The summed E-state index contributed by atoms with van der Waals surface area (Å²) in [5.74, 6) is 0.0961. The van der Waals surface area contributed by atoms with Gasteiger partial charge in [-0.2, -0.15) is 5.10 Å². The first-order valence-electron chi connectivity index (χ1n) is 10.3. The fourth-order valence-corrected chi connectivity index (χ4v) is 3.41. The number of hydrogen-bond acceptors (Lipinski definition) is 4. The van der Waals surface area contributed by atoms with E-state index in [0.29, 0.717) is 10.6 Å². The van der Waals surface area contributed by atoms with Gasteiger partial charge in [-0.25, -0.2) is 5.43 Å². The Hall–Kier alpha value is -2.57. The van der Waals surface area contributed by atoms with Crippen molar-refractivity contribution in [3.63, 3.8) is 0 Å². The summed E-state index contributed by atoms with van der Waals surface area (Å²) >= 11 is 11.9. The summed E-state index contributed by atoms with van der Waals surface area (Å²) in [5.41, 5.74) is 5.74. The predicted octanol–water partition coefficient (Wildman–Crippen LogP) is 5.34. The number of nitrogens with zero attached hydrogens (tertiary/aromatic N) is 1. The highest BCUT2D eigenvalue weighted by Crippen LogP contribution is 2.29. The fourth-order valence-electron chi connectivity index (χ4n) is 3.11. The van der Waals surface area contributed by atoms with Crippen molar-refractivity contribution in [2.75, 3.05) is 7.11 Å². The first kappa shape index (κ1) is 25.7. The molecule has 2 amide bonds. The molecular formula is C24H29Cl2N3O3. The van der Waals surface area contributed by atoms with Crippen LogP contribution in [-0.4, -0.2) is 31.2 Å². The van der Waals surface area contributed by atoms with E-state index >= 15 is 0 Å². The summed E-state index contributed by atoms with van der Waals surface area (Å²) in [5, 5.41) is 7.47. The lowest BCUT2D eigenvalue weighted by atomic mass is 9.97. The van der Waals surface area contributed by atoms with Gasteiger partial charge in [-0.3, -0.25) is 9.59 Å². The lowest BCUT2D eigenvalue weighted by molar-refractivity contribution is -0.123. The molecule has 0 bridgehead atoms. The zero-order chi connectivity index (χ0) is 24.0. The lowest BCUT2D eigenvalue weighted by Gasteiger charge is -2.20. The van der Waals surface area contributed by atoms with Crippen molar-refractivity contribution < 1.29 is 14.3 Å². The molecule has 0 aromatic heterocycles. The Labute approximate surface area is 199 Å². The van der Waals surface area contributed by atoms with Crippen LogP contribution in [0.15, 0.2) is 35.4 Å². The smallest absolute Gasteiger partial charge is 0.262 e. The molecule has 2 aromatic carbocycles. The molecule has 0 aliphatic rings. The molecule has 172 valence electrons. The Morgan fingerprint density at radius 1 is 1.06 bits per heavy atom. The molecule has 8 heteroatoms. The molecule has 0 aliphatic carbocycles. The van der Waals surface area contributed by atoms with Crippen LogP contribution in [0.2, 0.25) is 10.0 Å². The van der Waals surface area contributed by atoms with E-state index in [4.69, 9.17) is 27.9 Å². The van der Waals surface area contributed by atoms with Gasteiger partial charge in [0.15, 0.2) is 0 Å². The van der Waals surface area contributed by atoms with E-state index in [0.717, 1.165) is 22.4 Å². The molecule has 0 spiro atoms. The van der Waals surface area contributed by atoms with Gasteiger partial charge in [-0.1, -0.05) is 50.9 Å². The second-order valence-corrected chi connectivity index (χ2v) is 8.98. The molecule has 0 saturated heterocycles. The summed E-state index contributed by atoms with van der Waals surface area (Å²) in [6.07, 6.45) is 1.59. The van der Waals surface area contributed by atoms with Crippen molar-refractivity contribution in [3.8, 4) is 5.75 Å². The molecule has 2 rings (SSSR count). The number of hydrogen-bond donors (Lipinski definition) is 2. The van der Waals surface area contributed by atoms with Gasteiger partial charge in [0.25, 0.3) is 11.8 Å². The average molecular weight is 478 g/mol. The maximum atomic E-state index is 12.7. The van der Waals surface area contributed by atoms with Gasteiger partial charge in [0.2, 0.25) is 0 Å². The number of nitrogens with one attached hydrogen (secondary N) is 2. The van der Waals surface area contributed by atoms with Crippen molar-refractivity contribution in [1.82, 2.24) is 10.7 Å². The SMILES string of the molecule is COc1cc(C)c(/C=N\NC(=O)C(NC(=O)c2ccc(Cl)c(Cl)c2)C(C)C)cc1C(C)C. The monoisotopic (exact) mass is 477 g/mol. The second-order valence-electron chi connectivity index (χ2n) is 8.16. The molecule has 0 radical (unpaired) electrons. The van der Waals surface area contributed by atoms with Crippen LogP contribution < -0.4 is 15.5 Å². The Kier molecular flexibility index (Phi) is 9.10. The van der Waals surface area contributed by atoms with Crippen LogP contribution in [0.25, 0.3) is 0 Å². The number of ether oxygens (including phenoxy) is 1. The highest BCUT2D eigenvalue weighted by Gasteiger charge is 2.24. The summed E-state index contributed by atoms with van der Waals surface area (Å²) in [7, 11) is 1.65. The quantitative estimate of drug-likeness (QED) is 0.397. The molecule has 0 saturated carbocycles. The van der Waals surface area contributed by atoms with Crippen molar-refractivity contribution in [2.24, 2.45) is 11.0 Å². The Bertz CT molecular complexity index is 1020. The molecule has 0 aliphatic heterocycles. The zero-order valence-corrected chi connectivity index (χ0v) is 20.6. The van der Waals surface area contributed by atoms with Crippen molar-refractivity contribution in [3.05, 3.63) is 62.6 Å². The number of benzene rings is 2. The molecular weight excluding hydrogens is 449 g/mol. The molecule has 32 heavy (non-hydrogen) atoms. The first-order valence-corrected chi connectivity index (χ1v) is 11.1. The van der Waals surface area contributed by atoms with Crippen molar-refractivity contribution >= 4 is 41.2 Å². The van der Waals surface area contributed by atoms with Crippen LogP contribution in [0.1, 0.15) is 60.7 Å². The highest BCUT2D eigenvalue weighted by atomic mass is 35.5. The fraction of sp³-hybridized carbons (Fsp3) is 0.375. The predicted molar refractivity (Wildman–Crippen MR) is 130 cm³/mol. The van der Waals surface area contributed by atoms with E-state index in [1.54, 1.807) is 19.4 Å². The second kappa shape index (κ2) is 11.3. The molecule has 2 aromatic rings. The topological polar surface area (TPSA) is 79.8 Å². The van der Waals surface area contributed by atoms with Gasteiger partial charge >= 0.3 is 0 Å². The zero-order valence-electron chi connectivity index (χ0n) is 19.1. The number of carbonyl (C=O) groups is 2. The normalized spacial score (nSPS) is 12.3. The van der Waals surface area contributed by atoms with Crippen LogP contribution in [-0.2, 0) is 4.79 Å². The third-order valence-corrected chi connectivity index (χ3v) is 5.78. The summed E-state index contributed by atoms with van der Waals surface area (Å²) in [6, 6.07) is 7.72. The Morgan fingerprint density at radius 3 is 2.31 bits per heavy atom. The number of carbonyl (C=O) groups excluding carboxylic acids is 2. The number of halogens is 2. The van der Waals surface area contributed by atoms with Gasteiger partial charge in [0.05, 0.1) is 23.4 Å². The van der Waals surface area contributed by atoms with E-state index in [1.807, 2.05) is 32.9 Å². The van der Waals surface area contributed by atoms with Crippen molar-refractivity contribution in [2.45, 2.75) is 46.6 Å². The highest BCUT2D eigenvalue weighted by molar-refractivity contribution is 6.42.